The average Bonchev–Trinajstić information content (AvgIpc) is 3.04. The van der Waals surface area contributed by atoms with E-state index < -0.39 is 41.1 Å². The summed E-state index contributed by atoms with van der Waals surface area (Å²) in [6.45, 7) is 3.40. The maximum atomic E-state index is 13.5. The first-order chi connectivity index (χ1) is 15.0. The van der Waals surface area contributed by atoms with E-state index in [1.165, 1.54) is 41.3 Å². The molecular formula is C23H22F2N2O4. The number of likely N-dealkylation sites (tertiary alicyclic amines) is 1. The van der Waals surface area contributed by atoms with Gasteiger partial charge in [-0.2, -0.15) is 0 Å². The second-order valence-electron chi connectivity index (χ2n) is 7.66. The number of nitrogens with zero attached hydrogens (tertiary/aromatic N) is 2. The summed E-state index contributed by atoms with van der Waals surface area (Å²) in [5.41, 5.74) is 0.651. The van der Waals surface area contributed by atoms with Crippen LogP contribution in [0.2, 0.25) is 0 Å². The van der Waals surface area contributed by atoms with Crippen LogP contribution in [0.1, 0.15) is 22.0 Å². The third kappa shape index (κ3) is 4.40. The summed E-state index contributed by atoms with van der Waals surface area (Å²) in [4.78, 5) is 42.5. The van der Waals surface area contributed by atoms with E-state index in [4.69, 9.17) is 4.74 Å². The van der Waals surface area contributed by atoms with Crippen molar-refractivity contribution in [2.45, 2.75) is 6.04 Å². The second kappa shape index (κ2) is 9.03. The molecule has 4 rings (SSSR count). The van der Waals surface area contributed by atoms with E-state index in [2.05, 4.69) is 4.90 Å². The molecule has 2 aromatic carbocycles. The van der Waals surface area contributed by atoms with Crippen LogP contribution < -0.4 is 0 Å². The number of morpholine rings is 1. The van der Waals surface area contributed by atoms with E-state index in [1.54, 1.807) is 0 Å². The molecule has 2 saturated heterocycles. The quantitative estimate of drug-likeness (QED) is 0.401. The highest BCUT2D eigenvalue weighted by Crippen LogP contribution is 2.38. The number of amides is 1. The Labute approximate surface area is 178 Å². The van der Waals surface area contributed by atoms with E-state index >= 15 is 0 Å². The van der Waals surface area contributed by atoms with Crippen LogP contribution >= 0.6 is 0 Å². The molecule has 0 spiro atoms. The van der Waals surface area contributed by atoms with Gasteiger partial charge < -0.3 is 9.64 Å². The number of Topliss-reactive ketones (excluding diaryl/α,β-unsaturated/α-hetero) is 2. The van der Waals surface area contributed by atoms with Crippen LogP contribution in [0.4, 0.5) is 8.78 Å². The SMILES string of the molecule is O=C1C(=O)N(CCN2CCOCC2)C(c2ccc(F)cc2)C1C(=O)c1ccc(F)cc1. The zero-order valence-corrected chi connectivity index (χ0v) is 16.8. The van der Waals surface area contributed by atoms with Gasteiger partial charge in [0.1, 0.15) is 17.6 Å². The first kappa shape index (κ1) is 21.3. The minimum absolute atomic E-state index is 0.148. The summed E-state index contributed by atoms with van der Waals surface area (Å²) in [6.07, 6.45) is 0. The molecule has 2 aromatic rings. The lowest BCUT2D eigenvalue weighted by molar-refractivity contribution is -0.141. The number of hydrogen-bond acceptors (Lipinski definition) is 5. The molecule has 0 aromatic heterocycles. The summed E-state index contributed by atoms with van der Waals surface area (Å²) in [5.74, 6) is -4.32. The van der Waals surface area contributed by atoms with Gasteiger partial charge in [0.2, 0.25) is 5.78 Å². The number of halogens is 2. The normalized spacial score (nSPS) is 22.2. The lowest BCUT2D eigenvalue weighted by Crippen LogP contribution is -2.42. The smallest absolute Gasteiger partial charge is 0.291 e. The van der Waals surface area contributed by atoms with Crippen molar-refractivity contribution in [3.05, 3.63) is 71.3 Å². The van der Waals surface area contributed by atoms with Crippen LogP contribution in [0.5, 0.6) is 0 Å². The van der Waals surface area contributed by atoms with Crippen molar-refractivity contribution in [2.24, 2.45) is 5.92 Å². The zero-order chi connectivity index (χ0) is 22.0. The Balaban J connectivity index is 1.65. The Bertz CT molecular complexity index is 972. The molecule has 2 aliphatic rings. The van der Waals surface area contributed by atoms with Crippen LogP contribution in [0, 0.1) is 17.6 Å². The fourth-order valence-electron chi connectivity index (χ4n) is 4.13. The van der Waals surface area contributed by atoms with Crippen molar-refractivity contribution < 1.29 is 27.9 Å². The molecule has 162 valence electrons. The molecule has 2 aliphatic heterocycles. The van der Waals surface area contributed by atoms with E-state index in [0.29, 0.717) is 25.3 Å². The number of ketones is 2. The van der Waals surface area contributed by atoms with Gasteiger partial charge in [-0.05, 0) is 42.0 Å². The summed E-state index contributed by atoms with van der Waals surface area (Å²) in [5, 5.41) is 0. The van der Waals surface area contributed by atoms with Gasteiger partial charge in [-0.15, -0.1) is 0 Å². The fraction of sp³-hybridized carbons (Fsp3) is 0.348. The monoisotopic (exact) mass is 428 g/mol. The molecule has 8 heteroatoms. The molecule has 0 N–H and O–H groups in total. The van der Waals surface area contributed by atoms with Gasteiger partial charge in [0.05, 0.1) is 19.3 Å². The minimum Gasteiger partial charge on any atom is -0.379 e. The molecule has 2 fully saturated rings. The van der Waals surface area contributed by atoms with Crippen molar-refractivity contribution in [1.82, 2.24) is 9.80 Å². The van der Waals surface area contributed by atoms with Crippen molar-refractivity contribution in [1.29, 1.82) is 0 Å². The number of ether oxygens (including phenoxy) is 1. The third-order valence-corrected chi connectivity index (χ3v) is 5.79. The number of carbonyl (C=O) groups is 3. The molecule has 6 nitrogen and oxygen atoms in total. The number of rotatable bonds is 6. The molecule has 0 bridgehead atoms. The predicted molar refractivity (Wildman–Crippen MR) is 107 cm³/mol. The first-order valence-electron chi connectivity index (χ1n) is 10.2. The average molecular weight is 428 g/mol. The van der Waals surface area contributed by atoms with Gasteiger partial charge in [0, 0.05) is 31.7 Å². The second-order valence-corrected chi connectivity index (χ2v) is 7.66. The Hall–Kier alpha value is -2.97. The summed E-state index contributed by atoms with van der Waals surface area (Å²) >= 11 is 0. The van der Waals surface area contributed by atoms with E-state index in [-0.39, 0.29) is 12.1 Å². The summed E-state index contributed by atoms with van der Waals surface area (Å²) in [6, 6.07) is 9.47. The highest BCUT2D eigenvalue weighted by Gasteiger charge is 2.51. The molecule has 2 heterocycles. The van der Waals surface area contributed by atoms with E-state index in [0.717, 1.165) is 25.2 Å². The Kier molecular flexibility index (Phi) is 6.20. The largest absolute Gasteiger partial charge is 0.379 e. The van der Waals surface area contributed by atoms with Crippen LogP contribution in [-0.2, 0) is 14.3 Å². The number of benzene rings is 2. The van der Waals surface area contributed by atoms with E-state index in [9.17, 15) is 23.2 Å². The van der Waals surface area contributed by atoms with Crippen molar-refractivity contribution >= 4 is 17.5 Å². The molecule has 31 heavy (non-hydrogen) atoms. The molecule has 2 unspecified atom stereocenters. The molecule has 0 saturated carbocycles. The fourth-order valence-corrected chi connectivity index (χ4v) is 4.13. The zero-order valence-electron chi connectivity index (χ0n) is 16.8. The first-order valence-corrected chi connectivity index (χ1v) is 10.2. The Morgan fingerprint density at radius 2 is 1.48 bits per heavy atom. The maximum absolute atomic E-state index is 13.5. The molecule has 2 atom stereocenters. The highest BCUT2D eigenvalue weighted by atomic mass is 19.1. The van der Waals surface area contributed by atoms with Gasteiger partial charge in [0.25, 0.3) is 5.91 Å². The van der Waals surface area contributed by atoms with Crippen molar-refractivity contribution in [2.75, 3.05) is 39.4 Å². The van der Waals surface area contributed by atoms with Crippen LogP contribution in [-0.4, -0.2) is 66.7 Å². The molecule has 0 radical (unpaired) electrons. The minimum atomic E-state index is -1.27. The van der Waals surface area contributed by atoms with Gasteiger partial charge in [-0.25, -0.2) is 8.78 Å². The topological polar surface area (TPSA) is 66.9 Å². The van der Waals surface area contributed by atoms with Crippen LogP contribution in [0.3, 0.4) is 0 Å². The Morgan fingerprint density at radius 3 is 2.10 bits per heavy atom. The summed E-state index contributed by atoms with van der Waals surface area (Å²) in [7, 11) is 0. The van der Waals surface area contributed by atoms with Gasteiger partial charge >= 0.3 is 0 Å². The van der Waals surface area contributed by atoms with Crippen molar-refractivity contribution in [3.63, 3.8) is 0 Å². The lowest BCUT2D eigenvalue weighted by atomic mass is 9.86. The predicted octanol–water partition coefficient (Wildman–Crippen LogP) is 2.25. The molecule has 1 amide bonds. The Morgan fingerprint density at radius 1 is 0.903 bits per heavy atom. The summed E-state index contributed by atoms with van der Waals surface area (Å²) < 4.78 is 32.1. The van der Waals surface area contributed by atoms with Crippen LogP contribution in [0.25, 0.3) is 0 Å². The van der Waals surface area contributed by atoms with Gasteiger partial charge in [0.15, 0.2) is 5.78 Å². The van der Waals surface area contributed by atoms with Gasteiger partial charge in [-0.3, -0.25) is 19.3 Å². The standard InChI is InChI=1S/C23H22F2N2O4/c24-17-5-1-15(2-6-17)20-19(21(28)16-3-7-18(25)8-4-16)22(29)23(30)27(20)10-9-26-11-13-31-14-12-26/h1-8,19-20H,9-14H2. The third-order valence-electron chi connectivity index (χ3n) is 5.79. The number of carbonyl (C=O) groups excluding carboxylic acids is 3. The van der Waals surface area contributed by atoms with Crippen LogP contribution in [0.15, 0.2) is 48.5 Å². The maximum Gasteiger partial charge on any atom is 0.291 e. The van der Waals surface area contributed by atoms with Crippen molar-refractivity contribution in [3.8, 4) is 0 Å². The van der Waals surface area contributed by atoms with E-state index in [1.807, 2.05) is 0 Å². The van der Waals surface area contributed by atoms with Gasteiger partial charge in [-0.1, -0.05) is 12.1 Å². The molecular weight excluding hydrogens is 406 g/mol. The number of hydrogen-bond donors (Lipinski definition) is 0. The lowest BCUT2D eigenvalue weighted by Gasteiger charge is -2.31. The molecule has 0 aliphatic carbocycles. The highest BCUT2D eigenvalue weighted by molar-refractivity contribution is 6.44.